The van der Waals surface area contributed by atoms with E-state index in [4.69, 9.17) is 0 Å². The molecule has 15 heavy (non-hydrogen) atoms. The van der Waals surface area contributed by atoms with E-state index in [-0.39, 0.29) is 0 Å². The molecule has 0 nitrogen and oxygen atoms in total. The lowest BCUT2D eigenvalue weighted by atomic mass is 9.60. The second-order valence-electron chi connectivity index (χ2n) is 6.30. The predicted molar refractivity (Wildman–Crippen MR) is 66.8 cm³/mol. The van der Waals surface area contributed by atoms with Crippen LogP contribution in [0.3, 0.4) is 0 Å². The van der Waals surface area contributed by atoms with Crippen molar-refractivity contribution in [3.8, 4) is 0 Å². The first-order valence-corrected chi connectivity index (χ1v) is 6.74. The fourth-order valence-corrected chi connectivity index (χ4v) is 3.97. The third-order valence-electron chi connectivity index (χ3n) is 5.29. The van der Waals surface area contributed by atoms with Gasteiger partial charge in [-0.3, -0.25) is 0 Å². The van der Waals surface area contributed by atoms with Crippen molar-refractivity contribution >= 4 is 0 Å². The van der Waals surface area contributed by atoms with Gasteiger partial charge in [-0.05, 0) is 55.3 Å². The highest BCUT2D eigenvalue weighted by Gasteiger charge is 2.46. The van der Waals surface area contributed by atoms with Gasteiger partial charge >= 0.3 is 0 Å². The molecule has 0 aromatic heterocycles. The molecule has 0 heteroatoms. The van der Waals surface area contributed by atoms with Gasteiger partial charge in [0.2, 0.25) is 0 Å². The minimum absolute atomic E-state index is 0.549. The van der Waals surface area contributed by atoms with E-state index in [9.17, 15) is 0 Å². The lowest BCUT2D eigenvalue weighted by Gasteiger charge is -2.44. The summed E-state index contributed by atoms with van der Waals surface area (Å²) < 4.78 is 0. The molecule has 2 fully saturated rings. The third kappa shape index (κ3) is 1.77. The van der Waals surface area contributed by atoms with Crippen molar-refractivity contribution < 1.29 is 0 Å². The fraction of sp³-hybridized carbons (Fsp3) is 0.867. The molecular formula is C15H26. The third-order valence-corrected chi connectivity index (χ3v) is 5.29. The largest absolute Gasteiger partial charge is 0.0993 e. The van der Waals surface area contributed by atoms with Gasteiger partial charge in [0.25, 0.3) is 0 Å². The summed E-state index contributed by atoms with van der Waals surface area (Å²) in [5, 5.41) is 0. The fourth-order valence-electron chi connectivity index (χ4n) is 3.97. The molecule has 0 N–H and O–H groups in total. The number of allylic oxidation sites excluding steroid dienone is 1. The number of hydrogen-bond acceptors (Lipinski definition) is 0. The van der Waals surface area contributed by atoms with Gasteiger partial charge in [0.15, 0.2) is 0 Å². The van der Waals surface area contributed by atoms with Gasteiger partial charge in [0.05, 0.1) is 0 Å². The Morgan fingerprint density at radius 1 is 1.33 bits per heavy atom. The van der Waals surface area contributed by atoms with Crippen molar-refractivity contribution in [2.24, 2.45) is 23.2 Å². The highest BCUT2D eigenvalue weighted by atomic mass is 14.5. The van der Waals surface area contributed by atoms with E-state index >= 15 is 0 Å². The van der Waals surface area contributed by atoms with Crippen LogP contribution >= 0.6 is 0 Å². The van der Waals surface area contributed by atoms with Crippen LogP contribution < -0.4 is 0 Å². The predicted octanol–water partition coefficient (Wildman–Crippen LogP) is 4.81. The maximum atomic E-state index is 4.39. The Morgan fingerprint density at radius 3 is 2.60 bits per heavy atom. The molecule has 0 bridgehead atoms. The van der Waals surface area contributed by atoms with Gasteiger partial charge in [0, 0.05) is 0 Å². The Balaban J connectivity index is 2.18. The number of hydrogen-bond donors (Lipinski definition) is 0. The molecule has 0 aromatic rings. The zero-order valence-corrected chi connectivity index (χ0v) is 10.7. The molecule has 2 aliphatic rings. The topological polar surface area (TPSA) is 0 Å². The van der Waals surface area contributed by atoms with Crippen LogP contribution in [-0.4, -0.2) is 0 Å². The van der Waals surface area contributed by atoms with Crippen LogP contribution in [0.25, 0.3) is 0 Å². The first-order valence-electron chi connectivity index (χ1n) is 6.74. The van der Waals surface area contributed by atoms with E-state index in [0.717, 1.165) is 17.8 Å². The second kappa shape index (κ2) is 3.96. The summed E-state index contributed by atoms with van der Waals surface area (Å²) in [6.07, 6.45) is 8.42. The molecule has 0 saturated heterocycles. The quantitative estimate of drug-likeness (QED) is 0.540. The molecule has 86 valence electrons. The van der Waals surface area contributed by atoms with E-state index in [1.807, 2.05) is 0 Å². The molecule has 2 rings (SSSR count). The van der Waals surface area contributed by atoms with E-state index in [2.05, 4.69) is 27.4 Å². The normalized spacial score (nSPS) is 41.7. The first-order chi connectivity index (χ1) is 7.06. The Hall–Kier alpha value is -0.260. The highest BCUT2D eigenvalue weighted by Crippen LogP contribution is 2.57. The van der Waals surface area contributed by atoms with Crippen molar-refractivity contribution in [2.75, 3.05) is 0 Å². The van der Waals surface area contributed by atoms with Gasteiger partial charge in [-0.25, -0.2) is 0 Å². The Kier molecular flexibility index (Phi) is 2.96. The summed E-state index contributed by atoms with van der Waals surface area (Å²) in [6.45, 7) is 11.6. The van der Waals surface area contributed by atoms with Crippen LogP contribution in [0.2, 0.25) is 0 Å². The van der Waals surface area contributed by atoms with Crippen LogP contribution in [0.4, 0.5) is 0 Å². The summed E-state index contributed by atoms with van der Waals surface area (Å²) in [5.41, 5.74) is 2.14. The maximum absolute atomic E-state index is 4.39. The molecule has 0 aliphatic heterocycles. The van der Waals surface area contributed by atoms with Gasteiger partial charge in [-0.2, -0.15) is 0 Å². The summed E-state index contributed by atoms with van der Waals surface area (Å²) in [7, 11) is 0. The molecule has 0 aromatic carbocycles. The molecule has 2 saturated carbocycles. The minimum atomic E-state index is 0.549. The summed E-state index contributed by atoms with van der Waals surface area (Å²) in [5.74, 6) is 2.71. The average molecular weight is 206 g/mol. The standard InChI is InChI=1S/C15H26/c1-11(2)14-8-7-13(4)15(10-14)9-5-6-12(15)3/h11-12,14H,4-10H2,1-3H3/t12-,14-,15-/m1/s1. The first kappa shape index (κ1) is 11.2. The van der Waals surface area contributed by atoms with Gasteiger partial charge in [0.1, 0.15) is 0 Å². The molecule has 2 aliphatic carbocycles. The van der Waals surface area contributed by atoms with Crippen LogP contribution in [0.5, 0.6) is 0 Å². The molecule has 0 unspecified atom stereocenters. The van der Waals surface area contributed by atoms with Gasteiger partial charge in [-0.1, -0.05) is 39.3 Å². The van der Waals surface area contributed by atoms with Crippen LogP contribution in [0.15, 0.2) is 12.2 Å². The van der Waals surface area contributed by atoms with Crippen molar-refractivity contribution in [1.82, 2.24) is 0 Å². The van der Waals surface area contributed by atoms with E-state index < -0.39 is 0 Å². The monoisotopic (exact) mass is 206 g/mol. The van der Waals surface area contributed by atoms with E-state index in [0.29, 0.717) is 5.41 Å². The van der Waals surface area contributed by atoms with Gasteiger partial charge in [-0.15, -0.1) is 0 Å². The molecular weight excluding hydrogens is 180 g/mol. The van der Waals surface area contributed by atoms with Crippen molar-refractivity contribution in [3.05, 3.63) is 12.2 Å². The highest BCUT2D eigenvalue weighted by molar-refractivity contribution is 5.18. The van der Waals surface area contributed by atoms with E-state index in [1.54, 1.807) is 5.57 Å². The molecule has 0 radical (unpaired) electrons. The van der Waals surface area contributed by atoms with Crippen molar-refractivity contribution in [2.45, 2.75) is 59.3 Å². The molecule has 3 atom stereocenters. The lowest BCUT2D eigenvalue weighted by molar-refractivity contribution is 0.137. The van der Waals surface area contributed by atoms with Crippen LogP contribution in [0, 0.1) is 23.2 Å². The van der Waals surface area contributed by atoms with Crippen LogP contribution in [-0.2, 0) is 0 Å². The molecule has 1 spiro atoms. The van der Waals surface area contributed by atoms with E-state index in [1.165, 1.54) is 38.5 Å². The Morgan fingerprint density at radius 2 is 2.07 bits per heavy atom. The molecule has 0 heterocycles. The van der Waals surface area contributed by atoms with Crippen molar-refractivity contribution in [1.29, 1.82) is 0 Å². The number of rotatable bonds is 1. The average Bonchev–Trinajstić information content (AvgIpc) is 2.54. The Bertz CT molecular complexity index is 251. The molecule has 0 amide bonds. The van der Waals surface area contributed by atoms with Gasteiger partial charge < -0.3 is 0 Å². The maximum Gasteiger partial charge on any atom is -0.00624 e. The Labute approximate surface area is 95.1 Å². The summed E-state index contributed by atoms with van der Waals surface area (Å²) >= 11 is 0. The summed E-state index contributed by atoms with van der Waals surface area (Å²) in [6, 6.07) is 0. The summed E-state index contributed by atoms with van der Waals surface area (Å²) in [4.78, 5) is 0. The SMILES string of the molecule is C=C1CC[C@@H](C(C)C)C[C@@]12CCC[C@H]2C. The second-order valence-corrected chi connectivity index (χ2v) is 6.30. The van der Waals surface area contributed by atoms with Crippen molar-refractivity contribution in [3.63, 3.8) is 0 Å². The lowest BCUT2D eigenvalue weighted by Crippen LogP contribution is -2.34. The van der Waals surface area contributed by atoms with Crippen LogP contribution in [0.1, 0.15) is 59.3 Å². The zero-order chi connectivity index (χ0) is 11.1. The smallest absolute Gasteiger partial charge is 0.00624 e. The zero-order valence-electron chi connectivity index (χ0n) is 10.7. The minimum Gasteiger partial charge on any atom is -0.0993 e.